The van der Waals surface area contributed by atoms with E-state index < -0.39 is 11.7 Å². The molecule has 2 rings (SSSR count). The Kier molecular flexibility index (Phi) is 9.88. The molecule has 1 heterocycles. The van der Waals surface area contributed by atoms with E-state index in [2.05, 4.69) is 33.8 Å². The number of nitrogens with one attached hydrogen (secondary N) is 1. The van der Waals surface area contributed by atoms with E-state index in [0.29, 0.717) is 51.1 Å². The van der Waals surface area contributed by atoms with Crippen LogP contribution in [0.2, 0.25) is 0 Å². The first-order chi connectivity index (χ1) is 15.5. The molecule has 1 N–H and O–H groups in total. The molecular weight excluding hydrogens is 422 g/mol. The van der Waals surface area contributed by atoms with E-state index >= 15 is 0 Å². The third-order valence-corrected chi connectivity index (χ3v) is 5.52. The second-order valence-corrected chi connectivity index (χ2v) is 10.00. The van der Waals surface area contributed by atoms with Crippen LogP contribution in [0, 0.1) is 5.92 Å². The van der Waals surface area contributed by atoms with E-state index in [1.54, 1.807) is 0 Å². The lowest BCUT2D eigenvalue weighted by Gasteiger charge is -2.35. The molecule has 0 aromatic heterocycles. The van der Waals surface area contributed by atoms with Gasteiger partial charge in [0.1, 0.15) is 5.60 Å². The maximum absolute atomic E-state index is 12.7. The number of nitrogens with zero attached hydrogens (tertiary/aromatic N) is 4. The lowest BCUT2D eigenvalue weighted by atomic mass is 10.2. The summed E-state index contributed by atoms with van der Waals surface area (Å²) in [6, 6.07) is -0.220. The Morgan fingerprint density at radius 1 is 1.15 bits per heavy atom. The summed E-state index contributed by atoms with van der Waals surface area (Å²) in [6.45, 7) is 17.8. The number of piperazine rings is 1. The maximum Gasteiger partial charge on any atom is 0.407 e. The number of guanidine groups is 1. The molecule has 0 bridgehead atoms. The van der Waals surface area contributed by atoms with Crippen molar-refractivity contribution < 1.29 is 19.1 Å². The molecule has 2 fully saturated rings. The molecule has 186 valence electrons. The lowest BCUT2D eigenvalue weighted by molar-refractivity contribution is -0.135. The summed E-state index contributed by atoms with van der Waals surface area (Å²) >= 11 is 0. The molecule has 0 aromatic carbocycles. The Morgan fingerprint density at radius 3 is 2.30 bits per heavy atom. The molecule has 1 saturated heterocycles. The first kappa shape index (κ1) is 26.8. The standard InChI is InChI=1S/C24H41N5O4/c1-17(20-8-9-20)15-26-22(25-7)29-12-10-28(11-13-29)21(30)14-19(3)32-16-18(2)27-23(31)33-24(4,5)6/h15,18-20H,7-14,16H2,1-6H3,(H,27,31)/b17-15+,26-22+/t18-,19?/m0/s1. The highest BCUT2D eigenvalue weighted by Crippen LogP contribution is 2.35. The van der Waals surface area contributed by atoms with Crippen LogP contribution in [0.1, 0.15) is 60.8 Å². The largest absolute Gasteiger partial charge is 0.444 e. The van der Waals surface area contributed by atoms with Gasteiger partial charge in [-0.05, 0) is 67.0 Å². The topological polar surface area (TPSA) is 95.8 Å². The quantitative estimate of drug-likeness (QED) is 0.440. The molecule has 1 unspecified atom stereocenters. The van der Waals surface area contributed by atoms with Crippen molar-refractivity contribution in [3.63, 3.8) is 0 Å². The smallest absolute Gasteiger partial charge is 0.407 e. The predicted octanol–water partition coefficient (Wildman–Crippen LogP) is 3.21. The van der Waals surface area contributed by atoms with Gasteiger partial charge < -0.3 is 24.6 Å². The number of carbonyl (C=O) groups is 2. The summed E-state index contributed by atoms with van der Waals surface area (Å²) < 4.78 is 11.0. The van der Waals surface area contributed by atoms with Crippen molar-refractivity contribution in [3.05, 3.63) is 11.8 Å². The van der Waals surface area contributed by atoms with E-state index in [-0.39, 0.29) is 18.1 Å². The number of ether oxygens (including phenoxy) is 2. The zero-order chi connectivity index (χ0) is 24.6. The SMILES string of the molecule is C=N/C(=N\C=C(/C)C1CC1)N1CCN(C(=O)CC(C)OC[C@H](C)NC(=O)OC(C)(C)C)CC1. The highest BCUT2D eigenvalue weighted by Gasteiger charge is 2.25. The average Bonchev–Trinajstić information content (AvgIpc) is 3.57. The van der Waals surface area contributed by atoms with Crippen molar-refractivity contribution in [1.29, 1.82) is 0 Å². The van der Waals surface area contributed by atoms with Crippen LogP contribution in [-0.4, -0.2) is 85.0 Å². The molecule has 33 heavy (non-hydrogen) atoms. The molecule has 2 aliphatic rings. The van der Waals surface area contributed by atoms with Crippen LogP contribution in [0.3, 0.4) is 0 Å². The van der Waals surface area contributed by atoms with Gasteiger partial charge >= 0.3 is 6.09 Å². The number of allylic oxidation sites excluding steroid dienone is 1. The van der Waals surface area contributed by atoms with E-state index in [1.165, 1.54) is 18.4 Å². The number of aliphatic imine (C=N–C) groups is 2. The highest BCUT2D eigenvalue weighted by molar-refractivity contribution is 5.85. The third kappa shape index (κ3) is 9.94. The summed E-state index contributed by atoms with van der Waals surface area (Å²) in [4.78, 5) is 37.0. The van der Waals surface area contributed by atoms with Gasteiger partial charge in [-0.2, -0.15) is 0 Å². The number of hydrogen-bond acceptors (Lipinski definition) is 5. The molecule has 9 nitrogen and oxygen atoms in total. The fraction of sp³-hybridized carbons (Fsp3) is 0.750. The van der Waals surface area contributed by atoms with Crippen LogP contribution in [0.4, 0.5) is 4.79 Å². The zero-order valence-corrected chi connectivity index (χ0v) is 21.1. The summed E-state index contributed by atoms with van der Waals surface area (Å²) in [5, 5.41) is 2.74. The van der Waals surface area contributed by atoms with Crippen molar-refractivity contribution in [2.75, 3.05) is 32.8 Å². The van der Waals surface area contributed by atoms with Crippen LogP contribution in [0.5, 0.6) is 0 Å². The molecule has 0 spiro atoms. The Morgan fingerprint density at radius 2 is 1.76 bits per heavy atom. The predicted molar refractivity (Wildman–Crippen MR) is 130 cm³/mol. The number of hydrogen-bond donors (Lipinski definition) is 1. The van der Waals surface area contributed by atoms with Crippen molar-refractivity contribution in [3.8, 4) is 0 Å². The Labute approximate surface area is 198 Å². The second kappa shape index (κ2) is 12.2. The first-order valence-electron chi connectivity index (χ1n) is 11.8. The van der Waals surface area contributed by atoms with Crippen molar-refractivity contribution in [1.82, 2.24) is 15.1 Å². The fourth-order valence-electron chi connectivity index (χ4n) is 3.47. The molecule has 2 atom stereocenters. The van der Waals surface area contributed by atoms with Crippen LogP contribution in [0.15, 0.2) is 21.8 Å². The Hall–Kier alpha value is -2.42. The summed E-state index contributed by atoms with van der Waals surface area (Å²) in [7, 11) is 0. The van der Waals surface area contributed by atoms with Crippen LogP contribution >= 0.6 is 0 Å². The van der Waals surface area contributed by atoms with E-state index in [4.69, 9.17) is 9.47 Å². The molecule has 9 heteroatoms. The van der Waals surface area contributed by atoms with Gasteiger partial charge in [-0.15, -0.1) is 0 Å². The number of amides is 2. The summed E-state index contributed by atoms with van der Waals surface area (Å²) in [6.07, 6.45) is 3.96. The van der Waals surface area contributed by atoms with Crippen LogP contribution < -0.4 is 5.32 Å². The van der Waals surface area contributed by atoms with E-state index in [1.807, 2.05) is 45.7 Å². The highest BCUT2D eigenvalue weighted by atomic mass is 16.6. The molecule has 1 aliphatic heterocycles. The summed E-state index contributed by atoms with van der Waals surface area (Å²) in [5.41, 5.74) is 0.740. The number of carbonyl (C=O) groups excluding carboxylic acids is 2. The molecule has 1 aliphatic carbocycles. The van der Waals surface area contributed by atoms with Crippen molar-refractivity contribution in [2.24, 2.45) is 15.9 Å². The first-order valence-corrected chi connectivity index (χ1v) is 11.8. The van der Waals surface area contributed by atoms with Gasteiger partial charge in [-0.25, -0.2) is 14.8 Å². The molecule has 0 radical (unpaired) electrons. The fourth-order valence-corrected chi connectivity index (χ4v) is 3.47. The van der Waals surface area contributed by atoms with Gasteiger partial charge in [0.05, 0.1) is 25.2 Å². The van der Waals surface area contributed by atoms with Gasteiger partial charge in [-0.3, -0.25) is 4.79 Å². The monoisotopic (exact) mass is 463 g/mol. The summed E-state index contributed by atoms with van der Waals surface area (Å²) in [5.74, 6) is 1.35. The molecular formula is C24H41N5O4. The average molecular weight is 464 g/mol. The Balaban J connectivity index is 1.71. The van der Waals surface area contributed by atoms with Gasteiger partial charge in [0, 0.05) is 32.4 Å². The van der Waals surface area contributed by atoms with Gasteiger partial charge in [0.15, 0.2) is 0 Å². The van der Waals surface area contributed by atoms with Crippen LogP contribution in [-0.2, 0) is 14.3 Å². The molecule has 1 saturated carbocycles. The van der Waals surface area contributed by atoms with Crippen molar-refractivity contribution in [2.45, 2.75) is 78.6 Å². The maximum atomic E-state index is 12.7. The minimum atomic E-state index is -0.547. The lowest BCUT2D eigenvalue weighted by Crippen LogP contribution is -2.50. The van der Waals surface area contributed by atoms with Gasteiger partial charge in [0.25, 0.3) is 0 Å². The number of rotatable bonds is 8. The number of alkyl carbamates (subject to hydrolysis) is 1. The van der Waals surface area contributed by atoms with E-state index in [0.717, 1.165) is 0 Å². The Bertz CT molecular complexity index is 746. The van der Waals surface area contributed by atoms with Gasteiger partial charge in [0.2, 0.25) is 11.9 Å². The normalized spacial score (nSPS) is 19.7. The minimum absolute atomic E-state index is 0.0597. The second-order valence-electron chi connectivity index (χ2n) is 10.00. The van der Waals surface area contributed by atoms with Crippen LogP contribution in [0.25, 0.3) is 0 Å². The third-order valence-electron chi connectivity index (χ3n) is 5.52. The van der Waals surface area contributed by atoms with Gasteiger partial charge in [-0.1, -0.05) is 5.57 Å². The van der Waals surface area contributed by atoms with Crippen molar-refractivity contribution >= 4 is 24.7 Å². The zero-order valence-electron chi connectivity index (χ0n) is 21.1. The molecule has 0 aromatic rings. The molecule has 2 amide bonds. The minimum Gasteiger partial charge on any atom is -0.444 e. The van der Waals surface area contributed by atoms with E-state index in [9.17, 15) is 9.59 Å².